The topological polar surface area (TPSA) is 30.8 Å². The normalized spacial score (nSPS) is 10.5. The Bertz CT molecular complexity index is 368. The maximum atomic E-state index is 5.56. The van der Waals surface area contributed by atoms with Gasteiger partial charge in [0.25, 0.3) is 0 Å². The molecule has 0 amide bonds. The quantitative estimate of drug-likeness (QED) is 0.410. The third-order valence-corrected chi connectivity index (χ3v) is 2.23. The highest BCUT2D eigenvalue weighted by molar-refractivity contribution is 5.79. The second-order valence-corrected chi connectivity index (χ2v) is 3.61. The second-order valence-electron chi connectivity index (χ2n) is 3.61. The number of benzene rings is 1. The van der Waals surface area contributed by atoms with Crippen LogP contribution in [0.3, 0.4) is 0 Å². The Morgan fingerprint density at radius 3 is 2.59 bits per heavy atom. The summed E-state index contributed by atoms with van der Waals surface area (Å²) in [6.07, 6.45) is 2.62. The molecule has 0 radical (unpaired) electrons. The van der Waals surface area contributed by atoms with Gasteiger partial charge in [0.15, 0.2) is 0 Å². The van der Waals surface area contributed by atoms with Crippen LogP contribution in [0.4, 0.5) is 0 Å². The largest absolute Gasteiger partial charge is 0.489 e. The van der Waals surface area contributed by atoms with Gasteiger partial charge in [-0.2, -0.15) is 0 Å². The van der Waals surface area contributed by atoms with E-state index in [2.05, 4.69) is 18.7 Å². The summed E-state index contributed by atoms with van der Waals surface area (Å²) >= 11 is 0. The van der Waals surface area contributed by atoms with E-state index < -0.39 is 0 Å². The Hall–Kier alpha value is -1.77. The predicted octanol–water partition coefficient (Wildman–Crippen LogP) is 3.40. The maximum Gasteiger partial charge on any atom is 0.119 e. The van der Waals surface area contributed by atoms with Crippen LogP contribution in [-0.4, -0.2) is 19.4 Å². The lowest BCUT2D eigenvalue weighted by Gasteiger charge is -2.06. The molecule has 0 heterocycles. The first-order valence-corrected chi connectivity index (χ1v) is 5.81. The first-order valence-electron chi connectivity index (χ1n) is 5.81. The van der Waals surface area contributed by atoms with E-state index in [9.17, 15) is 0 Å². The van der Waals surface area contributed by atoms with Crippen molar-refractivity contribution in [3.05, 3.63) is 42.0 Å². The number of hydrogen-bond donors (Lipinski definition) is 0. The van der Waals surface area contributed by atoms with Crippen LogP contribution in [0.1, 0.15) is 25.8 Å². The van der Waals surface area contributed by atoms with Gasteiger partial charge in [-0.1, -0.05) is 18.7 Å². The van der Waals surface area contributed by atoms with E-state index in [4.69, 9.17) is 9.57 Å². The molecular weight excluding hydrogens is 214 g/mol. The lowest BCUT2D eigenvalue weighted by Crippen LogP contribution is -1.99. The molecule has 0 N–H and O–H groups in total. The fourth-order valence-electron chi connectivity index (χ4n) is 1.11. The van der Waals surface area contributed by atoms with Crippen molar-refractivity contribution >= 4 is 6.21 Å². The fourth-order valence-corrected chi connectivity index (χ4v) is 1.11. The monoisotopic (exact) mass is 233 g/mol. The molecule has 0 atom stereocenters. The van der Waals surface area contributed by atoms with Gasteiger partial charge < -0.3 is 9.57 Å². The molecule has 0 aromatic heterocycles. The summed E-state index contributed by atoms with van der Waals surface area (Å²) in [4.78, 5) is 4.89. The fraction of sp³-hybridized carbons (Fsp3) is 0.357. The van der Waals surface area contributed by atoms with Crippen molar-refractivity contribution in [3.63, 3.8) is 0 Å². The molecule has 0 bridgehead atoms. The van der Waals surface area contributed by atoms with Gasteiger partial charge in [-0.25, -0.2) is 0 Å². The molecule has 0 aliphatic rings. The highest BCUT2D eigenvalue weighted by atomic mass is 16.6. The van der Waals surface area contributed by atoms with E-state index in [-0.39, 0.29) is 0 Å². The summed E-state index contributed by atoms with van der Waals surface area (Å²) in [6.45, 7) is 9.01. The zero-order chi connectivity index (χ0) is 12.5. The van der Waals surface area contributed by atoms with Gasteiger partial charge in [-0.3, -0.25) is 0 Å². The van der Waals surface area contributed by atoms with Gasteiger partial charge >= 0.3 is 0 Å². The smallest absolute Gasteiger partial charge is 0.119 e. The minimum atomic E-state index is 0.572. The van der Waals surface area contributed by atoms with Gasteiger partial charge in [0.2, 0.25) is 0 Å². The second kappa shape index (κ2) is 7.49. The number of hydrogen-bond acceptors (Lipinski definition) is 3. The zero-order valence-corrected chi connectivity index (χ0v) is 10.5. The van der Waals surface area contributed by atoms with Gasteiger partial charge in [-0.05, 0) is 48.7 Å². The van der Waals surface area contributed by atoms with Gasteiger partial charge in [0.05, 0.1) is 6.21 Å². The van der Waals surface area contributed by atoms with Crippen molar-refractivity contribution in [2.75, 3.05) is 13.2 Å². The van der Waals surface area contributed by atoms with Crippen LogP contribution in [-0.2, 0) is 4.84 Å². The van der Waals surface area contributed by atoms with Crippen molar-refractivity contribution in [2.24, 2.45) is 5.16 Å². The minimum absolute atomic E-state index is 0.572. The molecule has 1 rings (SSSR count). The molecule has 3 nitrogen and oxygen atoms in total. The molecule has 0 aliphatic carbocycles. The molecule has 0 saturated carbocycles. The first kappa shape index (κ1) is 13.3. The minimum Gasteiger partial charge on any atom is -0.489 e. The summed E-state index contributed by atoms with van der Waals surface area (Å²) in [6, 6.07) is 7.70. The number of ether oxygens (including phenoxy) is 1. The van der Waals surface area contributed by atoms with E-state index in [0.717, 1.165) is 23.3 Å². The van der Waals surface area contributed by atoms with Crippen LogP contribution in [0.25, 0.3) is 0 Å². The van der Waals surface area contributed by atoms with Gasteiger partial charge in [0.1, 0.15) is 19.0 Å². The molecule has 0 saturated heterocycles. The highest BCUT2D eigenvalue weighted by Crippen LogP contribution is 2.12. The van der Waals surface area contributed by atoms with E-state index in [0.29, 0.717) is 13.2 Å². The van der Waals surface area contributed by atoms with Crippen LogP contribution in [0.15, 0.2) is 41.6 Å². The summed E-state index contributed by atoms with van der Waals surface area (Å²) in [5.41, 5.74) is 2.08. The van der Waals surface area contributed by atoms with Crippen LogP contribution in [0, 0.1) is 0 Å². The number of rotatable bonds is 7. The third kappa shape index (κ3) is 5.20. The molecule has 3 heteroatoms. The number of nitrogens with zero attached hydrogens (tertiary/aromatic N) is 1. The van der Waals surface area contributed by atoms with Crippen molar-refractivity contribution in [1.29, 1.82) is 0 Å². The molecule has 0 aliphatic heterocycles. The maximum absolute atomic E-state index is 5.56. The molecule has 1 aromatic carbocycles. The van der Waals surface area contributed by atoms with E-state index >= 15 is 0 Å². The molecule has 17 heavy (non-hydrogen) atoms. The van der Waals surface area contributed by atoms with Crippen LogP contribution in [0.2, 0.25) is 0 Å². The molecule has 0 unspecified atom stereocenters. The van der Waals surface area contributed by atoms with Gasteiger partial charge in [-0.15, -0.1) is 0 Å². The SMILES string of the molecule is C=C(CC)COc1ccc(/C=N/OCC)cc1. The van der Waals surface area contributed by atoms with Gasteiger partial charge in [0, 0.05) is 0 Å². The van der Waals surface area contributed by atoms with Crippen molar-refractivity contribution < 1.29 is 9.57 Å². The Kier molecular flexibility index (Phi) is 5.86. The van der Waals surface area contributed by atoms with E-state index in [1.54, 1.807) is 6.21 Å². The average Bonchev–Trinajstić information content (AvgIpc) is 2.37. The van der Waals surface area contributed by atoms with Crippen LogP contribution >= 0.6 is 0 Å². The molecule has 0 fully saturated rings. The Morgan fingerprint density at radius 2 is 2.00 bits per heavy atom. The average molecular weight is 233 g/mol. The number of oxime groups is 1. The van der Waals surface area contributed by atoms with Crippen LogP contribution in [0.5, 0.6) is 5.75 Å². The summed E-state index contributed by atoms with van der Waals surface area (Å²) < 4.78 is 5.56. The lowest BCUT2D eigenvalue weighted by atomic mass is 10.2. The standard InChI is InChI=1S/C14H19NO2/c1-4-12(3)11-16-14-8-6-13(7-9-14)10-15-17-5-2/h6-10H,3-5,11H2,1-2H3/b15-10+. The highest BCUT2D eigenvalue weighted by Gasteiger charge is 1.95. The predicted molar refractivity (Wildman–Crippen MR) is 70.6 cm³/mol. The zero-order valence-electron chi connectivity index (χ0n) is 10.5. The summed E-state index contributed by atoms with van der Waals surface area (Å²) in [5.74, 6) is 0.841. The van der Waals surface area contributed by atoms with Crippen LogP contribution < -0.4 is 4.74 Å². The van der Waals surface area contributed by atoms with E-state index in [1.165, 1.54) is 0 Å². The Balaban J connectivity index is 2.47. The third-order valence-electron chi connectivity index (χ3n) is 2.23. The summed E-state index contributed by atoms with van der Waals surface area (Å²) in [7, 11) is 0. The summed E-state index contributed by atoms with van der Waals surface area (Å²) in [5, 5.41) is 3.80. The first-order chi connectivity index (χ1) is 8.26. The van der Waals surface area contributed by atoms with Crippen molar-refractivity contribution in [1.82, 2.24) is 0 Å². The Morgan fingerprint density at radius 1 is 1.29 bits per heavy atom. The Labute approximate surface area is 103 Å². The van der Waals surface area contributed by atoms with Crippen molar-refractivity contribution in [3.8, 4) is 5.75 Å². The molecule has 1 aromatic rings. The molecule has 92 valence electrons. The molecule has 0 spiro atoms. The lowest BCUT2D eigenvalue weighted by molar-refractivity contribution is 0.160. The van der Waals surface area contributed by atoms with Crippen molar-refractivity contribution in [2.45, 2.75) is 20.3 Å². The van der Waals surface area contributed by atoms with E-state index in [1.807, 2.05) is 31.2 Å². The molecular formula is C14H19NO2.